The molecule has 8 nitrogen and oxygen atoms in total. The van der Waals surface area contributed by atoms with Gasteiger partial charge in [0, 0.05) is 22.8 Å². The molecule has 0 atom stereocenters. The van der Waals surface area contributed by atoms with E-state index in [-0.39, 0.29) is 16.3 Å². The second-order valence-corrected chi connectivity index (χ2v) is 10.9. The summed E-state index contributed by atoms with van der Waals surface area (Å²) in [6.07, 6.45) is 1.59. The zero-order chi connectivity index (χ0) is 22.5. The molecule has 0 unspecified atom stereocenters. The van der Waals surface area contributed by atoms with Gasteiger partial charge in [0.25, 0.3) is 0 Å². The van der Waals surface area contributed by atoms with Gasteiger partial charge in [-0.1, -0.05) is 6.07 Å². The summed E-state index contributed by atoms with van der Waals surface area (Å²) in [6.45, 7) is 11.5. The maximum Gasteiger partial charge on any atom is 0.246 e. The Morgan fingerprint density at radius 2 is 1.73 bits per heavy atom. The Morgan fingerprint density at radius 1 is 1.07 bits per heavy atom. The highest BCUT2D eigenvalue weighted by molar-refractivity contribution is 7.89. The molecule has 2 heterocycles. The van der Waals surface area contributed by atoms with Gasteiger partial charge in [0.1, 0.15) is 4.90 Å². The normalized spacial score (nSPS) is 13.0. The summed E-state index contributed by atoms with van der Waals surface area (Å²) in [5.41, 5.74) is 8.32. The van der Waals surface area contributed by atoms with Crippen molar-refractivity contribution in [2.45, 2.75) is 57.5 Å². The molecule has 0 spiro atoms. The van der Waals surface area contributed by atoms with Crippen LogP contribution in [0.3, 0.4) is 0 Å². The van der Waals surface area contributed by atoms with Gasteiger partial charge in [0.2, 0.25) is 21.9 Å². The number of nitrogen functional groups attached to an aromatic ring is 1. The SMILES string of the molecule is COc1ncc(-c2ccc3nc(N)n(C(C)(C)C)c3c2)cc1S(=O)(=O)NC(C)(C)C. The summed E-state index contributed by atoms with van der Waals surface area (Å²) in [5, 5.41) is 0. The van der Waals surface area contributed by atoms with Crippen molar-refractivity contribution in [3.8, 4) is 17.0 Å². The molecule has 0 aliphatic heterocycles. The van der Waals surface area contributed by atoms with Gasteiger partial charge in [-0.15, -0.1) is 0 Å². The van der Waals surface area contributed by atoms with Crippen molar-refractivity contribution in [2.75, 3.05) is 12.8 Å². The Morgan fingerprint density at radius 3 is 2.30 bits per heavy atom. The van der Waals surface area contributed by atoms with E-state index in [4.69, 9.17) is 10.5 Å². The van der Waals surface area contributed by atoms with Crippen LogP contribution < -0.4 is 15.2 Å². The number of imidazole rings is 1. The van der Waals surface area contributed by atoms with E-state index in [0.29, 0.717) is 11.5 Å². The first-order chi connectivity index (χ1) is 13.7. The molecule has 3 rings (SSSR count). The van der Waals surface area contributed by atoms with Crippen molar-refractivity contribution in [1.82, 2.24) is 19.3 Å². The van der Waals surface area contributed by atoms with Crippen LogP contribution in [0.25, 0.3) is 22.2 Å². The number of rotatable bonds is 4. The van der Waals surface area contributed by atoms with E-state index in [9.17, 15) is 8.42 Å². The number of ether oxygens (including phenoxy) is 1. The van der Waals surface area contributed by atoms with Crippen LogP contribution in [-0.4, -0.2) is 35.6 Å². The molecule has 30 heavy (non-hydrogen) atoms. The van der Waals surface area contributed by atoms with E-state index in [2.05, 4.69) is 35.5 Å². The van der Waals surface area contributed by atoms with Crippen molar-refractivity contribution in [1.29, 1.82) is 0 Å². The van der Waals surface area contributed by atoms with Crippen LogP contribution in [0.1, 0.15) is 41.5 Å². The molecule has 3 aromatic rings. The average Bonchev–Trinajstić information content (AvgIpc) is 2.94. The van der Waals surface area contributed by atoms with Crippen LogP contribution >= 0.6 is 0 Å². The van der Waals surface area contributed by atoms with Gasteiger partial charge in [-0.2, -0.15) is 0 Å². The molecule has 0 saturated heterocycles. The van der Waals surface area contributed by atoms with Crippen LogP contribution in [0.15, 0.2) is 35.4 Å². The zero-order valence-corrected chi connectivity index (χ0v) is 19.3. The summed E-state index contributed by atoms with van der Waals surface area (Å²) in [5.74, 6) is 0.473. The van der Waals surface area contributed by atoms with E-state index in [1.807, 2.05) is 22.8 Å². The molecule has 0 radical (unpaired) electrons. The maximum atomic E-state index is 13.0. The number of hydrogen-bond acceptors (Lipinski definition) is 6. The van der Waals surface area contributed by atoms with Crippen molar-refractivity contribution in [3.05, 3.63) is 30.5 Å². The highest BCUT2D eigenvalue weighted by Crippen LogP contribution is 2.32. The van der Waals surface area contributed by atoms with Crippen LogP contribution in [0, 0.1) is 0 Å². The second kappa shape index (κ2) is 7.24. The van der Waals surface area contributed by atoms with Crippen molar-refractivity contribution >= 4 is 27.0 Å². The number of aromatic nitrogens is 3. The number of nitrogens with one attached hydrogen (secondary N) is 1. The highest BCUT2D eigenvalue weighted by atomic mass is 32.2. The quantitative estimate of drug-likeness (QED) is 0.654. The topological polar surface area (TPSA) is 112 Å². The van der Waals surface area contributed by atoms with Gasteiger partial charge in [-0.3, -0.25) is 0 Å². The molecule has 3 N–H and O–H groups in total. The molecule has 0 bridgehead atoms. The van der Waals surface area contributed by atoms with E-state index in [1.165, 1.54) is 7.11 Å². The van der Waals surface area contributed by atoms with E-state index < -0.39 is 15.6 Å². The zero-order valence-electron chi connectivity index (χ0n) is 18.4. The van der Waals surface area contributed by atoms with Crippen molar-refractivity contribution in [3.63, 3.8) is 0 Å². The molecular formula is C21H29N5O3S. The Kier molecular flexibility index (Phi) is 5.32. The summed E-state index contributed by atoms with van der Waals surface area (Å²) >= 11 is 0. The Labute approximate surface area is 177 Å². The predicted octanol–water partition coefficient (Wildman–Crippen LogP) is 3.52. The minimum atomic E-state index is -3.84. The van der Waals surface area contributed by atoms with Crippen molar-refractivity contribution < 1.29 is 13.2 Å². The second-order valence-electron chi connectivity index (χ2n) is 9.27. The molecule has 0 amide bonds. The molecule has 0 aliphatic rings. The van der Waals surface area contributed by atoms with Crippen LogP contribution in [0.4, 0.5) is 5.95 Å². The monoisotopic (exact) mass is 431 g/mol. The molecule has 0 fully saturated rings. The lowest BCUT2D eigenvalue weighted by molar-refractivity contribution is 0.384. The summed E-state index contributed by atoms with van der Waals surface area (Å²) in [6, 6.07) is 7.26. The number of anilines is 1. The van der Waals surface area contributed by atoms with Gasteiger partial charge < -0.3 is 15.0 Å². The molecular weight excluding hydrogens is 402 g/mol. The lowest BCUT2D eigenvalue weighted by Crippen LogP contribution is -2.40. The lowest BCUT2D eigenvalue weighted by Gasteiger charge is -2.23. The number of methoxy groups -OCH3 is 1. The fraction of sp³-hybridized carbons (Fsp3) is 0.429. The van der Waals surface area contributed by atoms with Gasteiger partial charge in [0.05, 0.1) is 18.1 Å². The summed E-state index contributed by atoms with van der Waals surface area (Å²) < 4.78 is 35.7. The highest BCUT2D eigenvalue weighted by Gasteiger charge is 2.27. The van der Waals surface area contributed by atoms with Crippen LogP contribution in [-0.2, 0) is 15.6 Å². The third-order valence-corrected chi connectivity index (χ3v) is 6.18. The number of hydrogen-bond donors (Lipinski definition) is 2. The first kappa shape index (κ1) is 22.0. The Hall–Kier alpha value is -2.65. The standard InChI is InChI=1S/C21H29N5O3S/c1-20(2,3)25-30(27,28)17-11-14(12-23-18(17)29-7)13-8-9-15-16(10-13)26(19(22)24-15)21(4,5)6/h8-12,25H,1-7H3,(H2,22,24). The van der Waals surface area contributed by atoms with E-state index >= 15 is 0 Å². The third kappa shape index (κ3) is 4.27. The van der Waals surface area contributed by atoms with Crippen LogP contribution in [0.5, 0.6) is 5.88 Å². The number of benzene rings is 1. The maximum absolute atomic E-state index is 13.0. The van der Waals surface area contributed by atoms with E-state index in [0.717, 1.165) is 16.6 Å². The van der Waals surface area contributed by atoms with Crippen molar-refractivity contribution in [2.24, 2.45) is 0 Å². The smallest absolute Gasteiger partial charge is 0.246 e. The van der Waals surface area contributed by atoms with Gasteiger partial charge >= 0.3 is 0 Å². The molecule has 0 aliphatic carbocycles. The first-order valence-electron chi connectivity index (χ1n) is 9.60. The number of sulfonamides is 1. The lowest BCUT2D eigenvalue weighted by atomic mass is 10.1. The fourth-order valence-corrected chi connectivity index (χ4v) is 4.94. The number of fused-ring (bicyclic) bond motifs is 1. The van der Waals surface area contributed by atoms with Gasteiger partial charge in [-0.25, -0.2) is 23.1 Å². The largest absolute Gasteiger partial charge is 0.480 e. The Bertz CT molecular complexity index is 1200. The number of nitrogens with zero attached hydrogens (tertiary/aromatic N) is 3. The first-order valence-corrected chi connectivity index (χ1v) is 11.1. The predicted molar refractivity (Wildman–Crippen MR) is 119 cm³/mol. The van der Waals surface area contributed by atoms with Gasteiger partial charge in [-0.05, 0) is 65.3 Å². The van der Waals surface area contributed by atoms with Crippen LogP contribution in [0.2, 0.25) is 0 Å². The third-order valence-electron chi connectivity index (χ3n) is 4.43. The molecule has 9 heteroatoms. The number of nitrogens with two attached hydrogens (primary N) is 1. The Balaban J connectivity index is 2.18. The molecule has 162 valence electrons. The average molecular weight is 432 g/mol. The molecule has 0 saturated carbocycles. The van der Waals surface area contributed by atoms with E-state index in [1.54, 1.807) is 33.0 Å². The summed E-state index contributed by atoms with van der Waals surface area (Å²) in [4.78, 5) is 8.66. The minimum absolute atomic E-state index is 0.0126. The summed E-state index contributed by atoms with van der Waals surface area (Å²) in [7, 11) is -2.44. The molecule has 2 aromatic heterocycles. The number of pyridine rings is 1. The van der Waals surface area contributed by atoms with Gasteiger partial charge in [0.15, 0.2) is 0 Å². The minimum Gasteiger partial charge on any atom is -0.480 e. The fourth-order valence-electron chi connectivity index (χ4n) is 3.37. The molecule has 1 aromatic carbocycles.